The lowest BCUT2D eigenvalue weighted by atomic mass is 9.72. The van der Waals surface area contributed by atoms with Gasteiger partial charge in [0, 0.05) is 6.04 Å². The lowest BCUT2D eigenvalue weighted by Crippen LogP contribution is -2.43. The molecule has 1 heteroatoms. The molecule has 0 saturated heterocycles. The standard InChI is InChI=1S/C16H31N/c1-4-11-17-15(12-13-7-5-8-13)14-9-6-10-16(14,2)3/h13-15,17H,4-12H2,1-3H3. The second-order valence-electron chi connectivity index (χ2n) is 7.08. The first-order chi connectivity index (χ1) is 8.13. The Hall–Kier alpha value is -0.0400. The molecule has 0 bridgehead atoms. The Labute approximate surface area is 108 Å². The van der Waals surface area contributed by atoms with Crippen LogP contribution in [0.15, 0.2) is 0 Å². The van der Waals surface area contributed by atoms with Crippen molar-refractivity contribution in [2.45, 2.75) is 78.2 Å². The molecule has 2 fully saturated rings. The number of nitrogens with one attached hydrogen (secondary N) is 1. The van der Waals surface area contributed by atoms with E-state index in [0.29, 0.717) is 5.41 Å². The van der Waals surface area contributed by atoms with Crippen LogP contribution in [-0.2, 0) is 0 Å². The average Bonchev–Trinajstić information content (AvgIpc) is 2.56. The second-order valence-corrected chi connectivity index (χ2v) is 7.08. The molecule has 2 aliphatic carbocycles. The predicted octanol–water partition coefficient (Wildman–Crippen LogP) is 4.37. The first-order valence-electron chi connectivity index (χ1n) is 7.87. The average molecular weight is 237 g/mol. The Morgan fingerprint density at radius 1 is 1.18 bits per heavy atom. The molecule has 2 rings (SSSR count). The monoisotopic (exact) mass is 237 g/mol. The van der Waals surface area contributed by atoms with E-state index in [1.807, 2.05) is 0 Å². The van der Waals surface area contributed by atoms with Gasteiger partial charge in [-0.1, -0.05) is 46.5 Å². The molecule has 0 radical (unpaired) electrons. The van der Waals surface area contributed by atoms with Gasteiger partial charge in [0.25, 0.3) is 0 Å². The van der Waals surface area contributed by atoms with Crippen molar-refractivity contribution in [2.24, 2.45) is 17.3 Å². The minimum absolute atomic E-state index is 0.579. The van der Waals surface area contributed by atoms with E-state index in [9.17, 15) is 0 Å². The largest absolute Gasteiger partial charge is 0.314 e. The topological polar surface area (TPSA) is 12.0 Å². The highest BCUT2D eigenvalue weighted by Crippen LogP contribution is 2.46. The fourth-order valence-corrected chi connectivity index (χ4v) is 3.91. The fourth-order valence-electron chi connectivity index (χ4n) is 3.91. The van der Waals surface area contributed by atoms with Crippen molar-refractivity contribution >= 4 is 0 Å². The maximum absolute atomic E-state index is 3.87. The number of rotatable bonds is 6. The first kappa shape index (κ1) is 13.4. The van der Waals surface area contributed by atoms with Crippen LogP contribution in [0.1, 0.15) is 72.1 Å². The van der Waals surface area contributed by atoms with Crippen LogP contribution < -0.4 is 5.32 Å². The Balaban J connectivity index is 1.92. The summed E-state index contributed by atoms with van der Waals surface area (Å²) in [7, 11) is 0. The van der Waals surface area contributed by atoms with E-state index >= 15 is 0 Å². The summed E-state index contributed by atoms with van der Waals surface area (Å²) < 4.78 is 0. The van der Waals surface area contributed by atoms with E-state index in [2.05, 4.69) is 26.1 Å². The van der Waals surface area contributed by atoms with Crippen molar-refractivity contribution in [1.82, 2.24) is 5.32 Å². The Bertz CT molecular complexity index is 230. The van der Waals surface area contributed by atoms with E-state index in [-0.39, 0.29) is 0 Å². The highest BCUT2D eigenvalue weighted by atomic mass is 14.9. The van der Waals surface area contributed by atoms with E-state index < -0.39 is 0 Å². The summed E-state index contributed by atoms with van der Waals surface area (Å²) in [6, 6.07) is 0.803. The summed E-state index contributed by atoms with van der Waals surface area (Å²) in [5.41, 5.74) is 0.579. The molecule has 17 heavy (non-hydrogen) atoms. The molecule has 2 aliphatic rings. The van der Waals surface area contributed by atoms with Gasteiger partial charge in [0.15, 0.2) is 0 Å². The molecule has 0 aliphatic heterocycles. The van der Waals surface area contributed by atoms with Crippen LogP contribution in [0, 0.1) is 17.3 Å². The maximum atomic E-state index is 3.87. The second kappa shape index (κ2) is 5.73. The lowest BCUT2D eigenvalue weighted by Gasteiger charge is -2.38. The molecular weight excluding hydrogens is 206 g/mol. The molecule has 0 amide bonds. The number of hydrogen-bond donors (Lipinski definition) is 1. The quantitative estimate of drug-likeness (QED) is 0.723. The zero-order chi connectivity index (χ0) is 12.3. The minimum atomic E-state index is 0.579. The van der Waals surface area contributed by atoms with Crippen LogP contribution in [0.4, 0.5) is 0 Å². The molecule has 0 aromatic heterocycles. The van der Waals surface area contributed by atoms with Gasteiger partial charge in [-0.3, -0.25) is 0 Å². The summed E-state index contributed by atoms with van der Waals surface area (Å²) in [4.78, 5) is 0. The molecule has 100 valence electrons. The summed E-state index contributed by atoms with van der Waals surface area (Å²) in [5, 5.41) is 3.87. The summed E-state index contributed by atoms with van der Waals surface area (Å²) in [6.45, 7) is 8.48. The molecule has 0 aromatic carbocycles. The highest BCUT2D eigenvalue weighted by Gasteiger charge is 2.40. The Morgan fingerprint density at radius 3 is 2.41 bits per heavy atom. The van der Waals surface area contributed by atoms with Crippen molar-refractivity contribution in [2.75, 3.05) is 6.54 Å². The van der Waals surface area contributed by atoms with E-state index in [1.54, 1.807) is 0 Å². The van der Waals surface area contributed by atoms with Gasteiger partial charge in [-0.2, -0.15) is 0 Å². The first-order valence-corrected chi connectivity index (χ1v) is 7.87. The van der Waals surface area contributed by atoms with Crippen molar-refractivity contribution < 1.29 is 0 Å². The zero-order valence-electron chi connectivity index (χ0n) is 12.1. The molecule has 2 unspecified atom stereocenters. The third kappa shape index (κ3) is 3.24. The highest BCUT2D eigenvalue weighted by molar-refractivity contribution is 4.93. The van der Waals surface area contributed by atoms with E-state index in [1.165, 1.54) is 57.9 Å². The SMILES string of the molecule is CCCNC(CC1CCC1)C1CCCC1(C)C. The van der Waals surface area contributed by atoms with Gasteiger partial charge >= 0.3 is 0 Å². The molecule has 0 heterocycles. The van der Waals surface area contributed by atoms with Gasteiger partial charge in [-0.15, -0.1) is 0 Å². The van der Waals surface area contributed by atoms with E-state index in [0.717, 1.165) is 17.9 Å². The molecule has 1 nitrogen and oxygen atoms in total. The third-order valence-corrected chi connectivity index (χ3v) is 5.29. The summed E-state index contributed by atoms with van der Waals surface area (Å²) >= 11 is 0. The van der Waals surface area contributed by atoms with Crippen LogP contribution in [0.3, 0.4) is 0 Å². The smallest absolute Gasteiger partial charge is 0.0103 e. The molecule has 0 aromatic rings. The molecule has 1 N–H and O–H groups in total. The van der Waals surface area contributed by atoms with Crippen molar-refractivity contribution in [3.8, 4) is 0 Å². The fraction of sp³-hybridized carbons (Fsp3) is 1.00. The van der Waals surface area contributed by atoms with Gasteiger partial charge in [0.05, 0.1) is 0 Å². The van der Waals surface area contributed by atoms with Gasteiger partial charge in [0.2, 0.25) is 0 Å². The normalized spacial score (nSPS) is 30.2. The minimum Gasteiger partial charge on any atom is -0.314 e. The van der Waals surface area contributed by atoms with Crippen molar-refractivity contribution in [3.63, 3.8) is 0 Å². The van der Waals surface area contributed by atoms with Crippen molar-refractivity contribution in [1.29, 1.82) is 0 Å². The lowest BCUT2D eigenvalue weighted by molar-refractivity contribution is 0.153. The molecule has 2 saturated carbocycles. The van der Waals surface area contributed by atoms with Crippen molar-refractivity contribution in [3.05, 3.63) is 0 Å². The number of hydrogen-bond acceptors (Lipinski definition) is 1. The van der Waals surface area contributed by atoms with Crippen LogP contribution in [0.5, 0.6) is 0 Å². The van der Waals surface area contributed by atoms with Crippen LogP contribution in [0.2, 0.25) is 0 Å². The Morgan fingerprint density at radius 2 is 1.94 bits per heavy atom. The van der Waals surface area contributed by atoms with Gasteiger partial charge < -0.3 is 5.32 Å². The van der Waals surface area contributed by atoms with Gasteiger partial charge in [-0.05, 0) is 49.5 Å². The molecule has 2 atom stereocenters. The van der Waals surface area contributed by atoms with Gasteiger partial charge in [0.1, 0.15) is 0 Å². The van der Waals surface area contributed by atoms with Crippen LogP contribution in [0.25, 0.3) is 0 Å². The van der Waals surface area contributed by atoms with Gasteiger partial charge in [-0.25, -0.2) is 0 Å². The molecular formula is C16H31N. The third-order valence-electron chi connectivity index (χ3n) is 5.29. The maximum Gasteiger partial charge on any atom is 0.0103 e. The molecule has 0 spiro atoms. The summed E-state index contributed by atoms with van der Waals surface area (Å²) in [6.07, 6.45) is 11.6. The van der Waals surface area contributed by atoms with Crippen LogP contribution in [-0.4, -0.2) is 12.6 Å². The summed E-state index contributed by atoms with van der Waals surface area (Å²) in [5.74, 6) is 1.97. The predicted molar refractivity (Wildman–Crippen MR) is 75.2 cm³/mol. The van der Waals surface area contributed by atoms with E-state index in [4.69, 9.17) is 0 Å². The zero-order valence-corrected chi connectivity index (χ0v) is 12.1. The van der Waals surface area contributed by atoms with Crippen LogP contribution >= 0.6 is 0 Å². The Kier molecular flexibility index (Phi) is 4.52.